The average molecular weight is 515 g/mol. The molecule has 0 aliphatic heterocycles. The molecule has 0 aromatic rings. The number of aldehydes is 1. The Bertz CT molecular complexity index is 972. The molecule has 2 N–H and O–H groups in total. The molecule has 4 aliphatic carbocycles. The van der Waals surface area contributed by atoms with Crippen LogP contribution in [0.4, 0.5) is 0 Å². The molecule has 0 aromatic carbocycles. The zero-order chi connectivity index (χ0) is 27.6. The molecule has 0 amide bonds. The van der Waals surface area contributed by atoms with Gasteiger partial charge in [0.2, 0.25) is 0 Å². The van der Waals surface area contributed by atoms with E-state index in [-0.39, 0.29) is 28.6 Å². The van der Waals surface area contributed by atoms with Gasteiger partial charge in [0.1, 0.15) is 12.4 Å². The maximum Gasteiger partial charge on any atom is 0.303 e. The molecule has 9 atom stereocenters. The molecule has 0 aromatic heterocycles. The molecule has 4 aliphatic rings. The third-order valence-electron chi connectivity index (χ3n) is 11.7. The van der Waals surface area contributed by atoms with Gasteiger partial charge < -0.3 is 19.7 Å². The molecule has 1 unspecified atom stereocenters. The van der Waals surface area contributed by atoms with Gasteiger partial charge in [-0.05, 0) is 93.5 Å². The predicted molar refractivity (Wildman–Crippen MR) is 146 cm³/mol. The second kappa shape index (κ2) is 9.33. The van der Waals surface area contributed by atoms with Crippen LogP contribution in [0.15, 0.2) is 23.8 Å². The van der Waals surface area contributed by atoms with Crippen molar-refractivity contribution in [1.29, 1.82) is 0 Å². The minimum absolute atomic E-state index is 0.0135. The van der Waals surface area contributed by atoms with Gasteiger partial charge >= 0.3 is 5.97 Å². The Morgan fingerprint density at radius 2 is 1.81 bits per heavy atom. The molecule has 0 bridgehead atoms. The third kappa shape index (κ3) is 4.36. The topological polar surface area (TPSA) is 83.8 Å². The number of carbonyl (C=O) groups excluding carboxylic acids is 2. The van der Waals surface area contributed by atoms with Gasteiger partial charge in [0, 0.05) is 23.7 Å². The Morgan fingerprint density at radius 1 is 1.14 bits per heavy atom. The number of allylic oxidation sites excluding steroid dienone is 1. The summed E-state index contributed by atoms with van der Waals surface area (Å²) in [7, 11) is 0. The zero-order valence-electron chi connectivity index (χ0n) is 24.3. The van der Waals surface area contributed by atoms with Gasteiger partial charge in [-0.1, -0.05) is 52.3 Å². The average Bonchev–Trinajstić information content (AvgIpc) is 3.06. The number of rotatable bonds is 6. The molecule has 5 heteroatoms. The van der Waals surface area contributed by atoms with Crippen molar-refractivity contribution in [2.75, 3.05) is 0 Å². The molecule has 37 heavy (non-hydrogen) atoms. The van der Waals surface area contributed by atoms with E-state index in [1.807, 2.05) is 6.08 Å². The summed E-state index contributed by atoms with van der Waals surface area (Å²) in [5.41, 5.74) is -0.897. The summed E-state index contributed by atoms with van der Waals surface area (Å²) in [6.45, 7) is 16.3. The Kier molecular flexibility index (Phi) is 7.20. The molecule has 0 spiro atoms. The minimum Gasteiger partial charge on any atom is -0.458 e. The lowest BCUT2D eigenvalue weighted by molar-refractivity contribution is -0.194. The molecule has 4 rings (SSSR count). The molecule has 3 saturated carbocycles. The van der Waals surface area contributed by atoms with Crippen molar-refractivity contribution in [3.8, 4) is 0 Å². The normalized spacial score (nSPS) is 43.8. The quantitative estimate of drug-likeness (QED) is 0.257. The van der Waals surface area contributed by atoms with E-state index in [0.29, 0.717) is 18.3 Å². The van der Waals surface area contributed by atoms with Crippen molar-refractivity contribution in [1.82, 2.24) is 0 Å². The Balaban J connectivity index is 1.78. The van der Waals surface area contributed by atoms with Gasteiger partial charge in [0.25, 0.3) is 0 Å². The van der Waals surface area contributed by atoms with E-state index in [9.17, 15) is 19.8 Å². The summed E-state index contributed by atoms with van der Waals surface area (Å²) in [5, 5.41) is 21.0. The Hall–Kier alpha value is -1.46. The van der Waals surface area contributed by atoms with Crippen LogP contribution in [0.25, 0.3) is 0 Å². The number of ether oxygens (including phenoxy) is 1. The third-order valence-corrected chi connectivity index (χ3v) is 11.7. The van der Waals surface area contributed by atoms with E-state index in [1.165, 1.54) is 13.2 Å². The summed E-state index contributed by atoms with van der Waals surface area (Å²) in [5.74, 6) is 0.614. The van der Waals surface area contributed by atoms with E-state index in [2.05, 4.69) is 46.8 Å². The lowest BCUT2D eigenvalue weighted by Gasteiger charge is -2.66. The first-order valence-corrected chi connectivity index (χ1v) is 14.5. The van der Waals surface area contributed by atoms with Crippen LogP contribution in [0.5, 0.6) is 0 Å². The molecule has 3 fully saturated rings. The molecule has 0 saturated heterocycles. The molecule has 5 nitrogen and oxygen atoms in total. The Morgan fingerprint density at radius 3 is 2.41 bits per heavy atom. The largest absolute Gasteiger partial charge is 0.458 e. The fourth-order valence-electron chi connectivity index (χ4n) is 9.55. The van der Waals surface area contributed by atoms with E-state index in [4.69, 9.17) is 4.74 Å². The van der Waals surface area contributed by atoms with Gasteiger partial charge in [-0.3, -0.25) is 4.79 Å². The van der Waals surface area contributed by atoms with Crippen LogP contribution < -0.4 is 0 Å². The van der Waals surface area contributed by atoms with E-state index < -0.39 is 28.6 Å². The highest BCUT2D eigenvalue weighted by Gasteiger charge is 2.71. The van der Waals surface area contributed by atoms with Crippen LogP contribution in [0.1, 0.15) is 100 Å². The highest BCUT2D eigenvalue weighted by atomic mass is 16.5. The van der Waals surface area contributed by atoms with Gasteiger partial charge in [-0.25, -0.2) is 0 Å². The van der Waals surface area contributed by atoms with Crippen molar-refractivity contribution >= 4 is 12.3 Å². The van der Waals surface area contributed by atoms with Crippen LogP contribution in [-0.4, -0.2) is 40.3 Å². The number of aliphatic hydroxyl groups excluding tert-OH is 1. The number of fused-ring (bicyclic) bond motifs is 5. The highest BCUT2D eigenvalue weighted by molar-refractivity contribution is 5.68. The first-order valence-electron chi connectivity index (χ1n) is 14.5. The zero-order valence-corrected chi connectivity index (χ0v) is 24.3. The van der Waals surface area contributed by atoms with Crippen molar-refractivity contribution in [3.63, 3.8) is 0 Å². The Labute approximate surface area is 224 Å². The van der Waals surface area contributed by atoms with Crippen LogP contribution in [0.3, 0.4) is 0 Å². The SMILES string of the molecule is CC(=O)O[C@H]1C=C2[C@@H](CC[C@H](O)C2(C)C)[C@]2(C=O)CC[C@]3(C)C([C@H](C)C/C=C/C(C)(C)O)CC[C@@]3(C)[C@H]12. The lowest BCUT2D eigenvalue weighted by atomic mass is 9.38. The van der Waals surface area contributed by atoms with Gasteiger partial charge in [0.15, 0.2) is 0 Å². The number of esters is 1. The summed E-state index contributed by atoms with van der Waals surface area (Å²) < 4.78 is 6.09. The molecular formula is C32H50O5. The second-order valence-corrected chi connectivity index (χ2v) is 14.5. The van der Waals surface area contributed by atoms with E-state index in [0.717, 1.165) is 44.1 Å². The van der Waals surface area contributed by atoms with Crippen molar-refractivity contribution in [3.05, 3.63) is 23.8 Å². The van der Waals surface area contributed by atoms with Crippen molar-refractivity contribution in [2.45, 2.75) is 118 Å². The molecule has 0 heterocycles. The minimum atomic E-state index is -0.813. The number of hydrogen-bond acceptors (Lipinski definition) is 5. The fraction of sp³-hybridized carbons (Fsp3) is 0.812. The summed E-state index contributed by atoms with van der Waals surface area (Å²) in [6, 6.07) is 0. The maximum atomic E-state index is 13.3. The highest BCUT2D eigenvalue weighted by Crippen LogP contribution is 2.74. The fourth-order valence-corrected chi connectivity index (χ4v) is 9.55. The van der Waals surface area contributed by atoms with Crippen LogP contribution in [-0.2, 0) is 14.3 Å². The van der Waals surface area contributed by atoms with E-state index >= 15 is 0 Å². The number of hydrogen-bond donors (Lipinski definition) is 2. The van der Waals surface area contributed by atoms with Crippen molar-refractivity contribution in [2.24, 2.45) is 45.3 Å². The number of aliphatic hydroxyl groups is 2. The number of carbonyl (C=O) groups is 2. The van der Waals surface area contributed by atoms with Crippen LogP contribution >= 0.6 is 0 Å². The summed E-state index contributed by atoms with van der Waals surface area (Å²) >= 11 is 0. The van der Waals surface area contributed by atoms with E-state index in [1.54, 1.807) is 13.8 Å². The van der Waals surface area contributed by atoms with Crippen LogP contribution in [0, 0.1) is 45.3 Å². The summed E-state index contributed by atoms with van der Waals surface area (Å²) in [6.07, 6.45) is 12.7. The first kappa shape index (κ1) is 28.5. The monoisotopic (exact) mass is 514 g/mol. The molecule has 0 radical (unpaired) electrons. The van der Waals surface area contributed by atoms with Crippen LogP contribution in [0.2, 0.25) is 0 Å². The van der Waals surface area contributed by atoms with Gasteiger partial charge in [0.05, 0.1) is 11.7 Å². The van der Waals surface area contributed by atoms with Gasteiger partial charge in [-0.2, -0.15) is 0 Å². The predicted octanol–water partition coefficient (Wildman–Crippen LogP) is 6.03. The van der Waals surface area contributed by atoms with Crippen molar-refractivity contribution < 1.29 is 24.5 Å². The maximum absolute atomic E-state index is 13.3. The smallest absolute Gasteiger partial charge is 0.303 e. The molecular weight excluding hydrogens is 464 g/mol. The lowest BCUT2D eigenvalue weighted by Crippen LogP contribution is -2.64. The first-order chi connectivity index (χ1) is 17.0. The van der Waals surface area contributed by atoms with Gasteiger partial charge in [-0.15, -0.1) is 0 Å². The summed E-state index contributed by atoms with van der Waals surface area (Å²) in [4.78, 5) is 25.7. The molecule has 208 valence electrons. The standard InChI is InChI=1S/C32H50O5/c1-20(10-9-14-28(3,4)36)22-13-15-31(8)27-25(37-21(2)34)18-24-23(11-12-26(35)29(24,5)6)32(27,19-33)17-16-30(22,31)7/h9,14,18-20,22-23,25-27,35-36H,10-13,15-17H2,1-8H3/b14-9+/t20-,22?,23-,25+,26+,27+,30-,31+,32-/m1/s1. The second-order valence-electron chi connectivity index (χ2n) is 14.5.